The van der Waals surface area contributed by atoms with Crippen LogP contribution in [0.3, 0.4) is 0 Å². The van der Waals surface area contributed by atoms with Gasteiger partial charge in [0.1, 0.15) is 12.2 Å². The lowest BCUT2D eigenvalue weighted by Gasteiger charge is -2.39. The van der Waals surface area contributed by atoms with E-state index < -0.39 is 30.8 Å². The van der Waals surface area contributed by atoms with Gasteiger partial charge in [-0.15, -0.1) is 0 Å². The molecule has 0 saturated carbocycles. The number of ether oxygens (including phenoxy) is 3. The summed E-state index contributed by atoms with van der Waals surface area (Å²) in [6.07, 6.45) is -5.04. The maximum Gasteiger partial charge on any atom is 0.191 e. The van der Waals surface area contributed by atoms with Crippen molar-refractivity contribution in [3.8, 4) is 0 Å². The van der Waals surface area contributed by atoms with Gasteiger partial charge >= 0.3 is 0 Å². The smallest absolute Gasteiger partial charge is 0.191 e. The fourth-order valence-electron chi connectivity index (χ4n) is 2.17. The number of rotatable bonds is 4. The first kappa shape index (κ1) is 14.4. The quantitative estimate of drug-likeness (QED) is 0.904. The summed E-state index contributed by atoms with van der Waals surface area (Å²) in [5, 5.41) is 9.93. The molecule has 0 unspecified atom stereocenters. The highest BCUT2D eigenvalue weighted by Crippen LogP contribution is 2.26. The summed E-state index contributed by atoms with van der Waals surface area (Å²) in [6, 6.07) is 9.52. The van der Waals surface area contributed by atoms with Crippen LogP contribution in [-0.2, 0) is 20.8 Å². The molecule has 0 bridgehead atoms. The zero-order chi connectivity index (χ0) is 13.8. The van der Waals surface area contributed by atoms with E-state index in [0.717, 1.165) is 5.56 Å². The molecule has 0 amide bonds. The van der Waals surface area contributed by atoms with E-state index in [1.807, 2.05) is 30.3 Å². The molecule has 1 aliphatic heterocycles. The number of aliphatic hydroxyl groups excluding tert-OH is 1. The largest absolute Gasteiger partial charge is 0.387 e. The molecule has 2 rings (SSSR count). The lowest BCUT2D eigenvalue weighted by molar-refractivity contribution is -0.279. The Labute approximate surface area is 112 Å². The third kappa shape index (κ3) is 3.30. The monoisotopic (exact) mass is 270 g/mol. The molecule has 5 heteroatoms. The Morgan fingerprint density at radius 2 is 2.00 bits per heavy atom. The maximum absolute atomic E-state index is 13.8. The Kier molecular flexibility index (Phi) is 4.87. The molecule has 106 valence electrons. The Hall–Kier alpha value is -1.01. The van der Waals surface area contributed by atoms with Crippen LogP contribution in [0.5, 0.6) is 0 Å². The lowest BCUT2D eigenvalue weighted by Crippen LogP contribution is -2.56. The second-order valence-electron chi connectivity index (χ2n) is 4.64. The van der Waals surface area contributed by atoms with Gasteiger partial charge in [0.05, 0.1) is 12.7 Å². The number of aliphatic hydroxyl groups is 1. The molecule has 1 aromatic carbocycles. The van der Waals surface area contributed by atoms with Gasteiger partial charge in [0.15, 0.2) is 12.5 Å². The van der Waals surface area contributed by atoms with Crippen molar-refractivity contribution in [1.29, 1.82) is 0 Å². The molecule has 5 atom stereocenters. The summed E-state index contributed by atoms with van der Waals surface area (Å²) < 4.78 is 29.6. The first-order valence-corrected chi connectivity index (χ1v) is 6.29. The Bertz CT molecular complexity index is 386. The number of hydrogen-bond acceptors (Lipinski definition) is 4. The Balaban J connectivity index is 1.96. The molecule has 1 aliphatic rings. The van der Waals surface area contributed by atoms with Gasteiger partial charge in [-0.2, -0.15) is 0 Å². The van der Waals surface area contributed by atoms with E-state index in [1.165, 1.54) is 7.11 Å². The Morgan fingerprint density at radius 3 is 2.63 bits per heavy atom. The van der Waals surface area contributed by atoms with Crippen LogP contribution in [0.1, 0.15) is 12.5 Å². The third-order valence-electron chi connectivity index (χ3n) is 3.25. The van der Waals surface area contributed by atoms with Gasteiger partial charge in [-0.25, -0.2) is 4.39 Å². The van der Waals surface area contributed by atoms with E-state index in [9.17, 15) is 9.50 Å². The summed E-state index contributed by atoms with van der Waals surface area (Å²) in [5.74, 6) is 0. The van der Waals surface area contributed by atoms with Crippen molar-refractivity contribution in [3.05, 3.63) is 35.9 Å². The number of hydrogen-bond donors (Lipinski definition) is 1. The summed E-state index contributed by atoms with van der Waals surface area (Å²) >= 11 is 0. The van der Waals surface area contributed by atoms with Gasteiger partial charge in [-0.1, -0.05) is 30.3 Å². The van der Waals surface area contributed by atoms with E-state index in [0.29, 0.717) is 6.61 Å². The highest BCUT2D eigenvalue weighted by molar-refractivity contribution is 5.13. The molecule has 19 heavy (non-hydrogen) atoms. The van der Waals surface area contributed by atoms with E-state index in [2.05, 4.69) is 0 Å². The van der Waals surface area contributed by atoms with Crippen LogP contribution < -0.4 is 0 Å². The van der Waals surface area contributed by atoms with Crippen LogP contribution in [0.15, 0.2) is 30.3 Å². The highest BCUT2D eigenvalue weighted by atomic mass is 19.1. The molecule has 4 nitrogen and oxygen atoms in total. The van der Waals surface area contributed by atoms with Crippen molar-refractivity contribution in [2.75, 3.05) is 7.11 Å². The van der Waals surface area contributed by atoms with Crippen molar-refractivity contribution in [2.24, 2.45) is 0 Å². The van der Waals surface area contributed by atoms with Crippen molar-refractivity contribution in [2.45, 2.75) is 44.3 Å². The van der Waals surface area contributed by atoms with E-state index in [4.69, 9.17) is 14.2 Å². The van der Waals surface area contributed by atoms with Crippen LogP contribution in [0.25, 0.3) is 0 Å². The zero-order valence-corrected chi connectivity index (χ0v) is 11.0. The predicted molar refractivity (Wildman–Crippen MR) is 67.3 cm³/mol. The topological polar surface area (TPSA) is 47.9 Å². The van der Waals surface area contributed by atoms with Crippen molar-refractivity contribution in [1.82, 2.24) is 0 Å². The molecule has 0 aromatic heterocycles. The van der Waals surface area contributed by atoms with E-state index in [1.54, 1.807) is 6.92 Å². The van der Waals surface area contributed by atoms with E-state index in [-0.39, 0.29) is 0 Å². The minimum atomic E-state index is -1.61. The van der Waals surface area contributed by atoms with Crippen molar-refractivity contribution < 1.29 is 23.7 Å². The van der Waals surface area contributed by atoms with Crippen molar-refractivity contribution in [3.63, 3.8) is 0 Å². The standard InChI is InChI=1S/C14H19FO4/c1-9-13(12(16)11(15)14(17-2)19-9)18-8-10-6-4-3-5-7-10/h3-7,9,11-14,16H,8H2,1-2H3/t9-,11+,12-,13+,14+/m0/s1. The first-order valence-electron chi connectivity index (χ1n) is 6.29. The molecule has 1 N–H and O–H groups in total. The average molecular weight is 270 g/mol. The minimum Gasteiger partial charge on any atom is -0.387 e. The molecule has 1 fully saturated rings. The number of methoxy groups -OCH3 is 1. The van der Waals surface area contributed by atoms with Crippen LogP contribution in [0, 0.1) is 0 Å². The zero-order valence-electron chi connectivity index (χ0n) is 11.0. The van der Waals surface area contributed by atoms with Gasteiger partial charge in [0.25, 0.3) is 0 Å². The Morgan fingerprint density at radius 1 is 1.32 bits per heavy atom. The molecule has 0 spiro atoms. The first-order chi connectivity index (χ1) is 9.13. The molecule has 0 radical (unpaired) electrons. The molecule has 1 aromatic rings. The average Bonchev–Trinajstić information content (AvgIpc) is 2.44. The third-order valence-corrected chi connectivity index (χ3v) is 3.25. The molecular weight excluding hydrogens is 251 g/mol. The fraction of sp³-hybridized carbons (Fsp3) is 0.571. The second-order valence-corrected chi connectivity index (χ2v) is 4.64. The summed E-state index contributed by atoms with van der Waals surface area (Å²) in [7, 11) is 1.35. The fourth-order valence-corrected chi connectivity index (χ4v) is 2.17. The van der Waals surface area contributed by atoms with E-state index >= 15 is 0 Å². The van der Waals surface area contributed by atoms with Gasteiger partial charge in [0.2, 0.25) is 0 Å². The van der Waals surface area contributed by atoms with Gasteiger partial charge in [0, 0.05) is 7.11 Å². The summed E-state index contributed by atoms with van der Waals surface area (Å²) in [5.41, 5.74) is 0.964. The highest BCUT2D eigenvalue weighted by Gasteiger charge is 2.44. The van der Waals surface area contributed by atoms with Crippen LogP contribution in [0.4, 0.5) is 4.39 Å². The van der Waals surface area contributed by atoms with Crippen LogP contribution in [0.2, 0.25) is 0 Å². The summed E-state index contributed by atoms with van der Waals surface area (Å²) in [6.45, 7) is 2.04. The predicted octanol–water partition coefficient (Wildman–Crippen LogP) is 1.66. The lowest BCUT2D eigenvalue weighted by atomic mass is 10.0. The normalized spacial score (nSPS) is 35.3. The van der Waals surface area contributed by atoms with Gasteiger partial charge in [-0.05, 0) is 12.5 Å². The van der Waals surface area contributed by atoms with Crippen molar-refractivity contribution >= 4 is 0 Å². The van der Waals surface area contributed by atoms with Crippen LogP contribution in [-0.4, -0.2) is 43.0 Å². The van der Waals surface area contributed by atoms with Gasteiger partial charge in [-0.3, -0.25) is 0 Å². The SMILES string of the molecule is CO[C@@H]1O[C@@H](C)[C@@H](OCc2ccccc2)[C@@H](O)[C@H]1F. The molecular formula is C14H19FO4. The molecule has 1 saturated heterocycles. The second kappa shape index (κ2) is 6.43. The number of benzene rings is 1. The number of halogens is 1. The maximum atomic E-state index is 13.8. The summed E-state index contributed by atoms with van der Waals surface area (Å²) in [4.78, 5) is 0. The number of alkyl halides is 1. The van der Waals surface area contributed by atoms with Crippen LogP contribution >= 0.6 is 0 Å². The molecule has 1 heterocycles. The van der Waals surface area contributed by atoms with Gasteiger partial charge < -0.3 is 19.3 Å². The minimum absolute atomic E-state index is 0.306. The molecule has 0 aliphatic carbocycles.